The fraction of sp³-hybridized carbons (Fsp3) is 0.571. The van der Waals surface area contributed by atoms with E-state index in [0.717, 1.165) is 51.6 Å². The average molecular weight is 248 g/mol. The molecule has 0 bridgehead atoms. The molecule has 3 rings (SSSR count). The molecule has 2 aliphatic rings. The summed E-state index contributed by atoms with van der Waals surface area (Å²) in [5.41, 5.74) is 4.15. The minimum atomic E-state index is 0.811. The molecule has 1 saturated heterocycles. The molecule has 0 spiro atoms. The lowest BCUT2D eigenvalue weighted by Gasteiger charge is -2.33. The second kappa shape index (κ2) is 5.16. The van der Waals surface area contributed by atoms with Crippen molar-refractivity contribution in [2.45, 2.75) is 13.0 Å². The minimum Gasteiger partial charge on any atom is -0.495 e. The molecule has 0 unspecified atom stereocenters. The Labute approximate surface area is 108 Å². The monoisotopic (exact) mass is 248 g/mol. The molecule has 0 aromatic heterocycles. The molecule has 2 heterocycles. The van der Waals surface area contributed by atoms with E-state index >= 15 is 0 Å². The molecule has 0 aliphatic carbocycles. The van der Waals surface area contributed by atoms with Crippen molar-refractivity contribution in [2.24, 2.45) is 0 Å². The largest absolute Gasteiger partial charge is 0.495 e. The minimum absolute atomic E-state index is 0.811. The first-order valence-corrected chi connectivity index (χ1v) is 6.62. The Morgan fingerprint density at radius 1 is 1.28 bits per heavy atom. The van der Waals surface area contributed by atoms with Crippen molar-refractivity contribution in [3.8, 4) is 5.75 Å². The first-order valence-electron chi connectivity index (χ1n) is 6.62. The molecule has 2 aliphatic heterocycles. The zero-order valence-corrected chi connectivity index (χ0v) is 10.9. The third-order valence-electron chi connectivity index (χ3n) is 3.76. The second-order valence-corrected chi connectivity index (χ2v) is 4.78. The number of nitrogens with zero attached hydrogens (tertiary/aromatic N) is 1. The van der Waals surface area contributed by atoms with Crippen LogP contribution >= 0.6 is 0 Å². The molecular formula is C14H20N2O2. The first kappa shape index (κ1) is 11.8. The zero-order valence-electron chi connectivity index (χ0n) is 10.9. The van der Waals surface area contributed by atoms with Crippen molar-refractivity contribution < 1.29 is 9.47 Å². The molecule has 0 radical (unpaired) electrons. The summed E-state index contributed by atoms with van der Waals surface area (Å²) in [6, 6.07) is 4.28. The van der Waals surface area contributed by atoms with Crippen molar-refractivity contribution in [3.63, 3.8) is 0 Å². The summed E-state index contributed by atoms with van der Waals surface area (Å²) in [6.45, 7) is 5.56. The Bertz CT molecular complexity index is 428. The smallest absolute Gasteiger partial charge is 0.142 e. The summed E-state index contributed by atoms with van der Waals surface area (Å²) in [5, 5.41) is 3.42. The number of morpholine rings is 1. The van der Waals surface area contributed by atoms with E-state index in [9.17, 15) is 0 Å². The second-order valence-electron chi connectivity index (χ2n) is 4.78. The van der Waals surface area contributed by atoms with Gasteiger partial charge in [0, 0.05) is 19.6 Å². The Hall–Kier alpha value is -1.26. The molecule has 1 aromatic rings. The molecule has 1 N–H and O–H groups in total. The van der Waals surface area contributed by atoms with Crippen LogP contribution in [0.15, 0.2) is 12.1 Å². The molecule has 1 fully saturated rings. The van der Waals surface area contributed by atoms with Crippen molar-refractivity contribution in [1.29, 1.82) is 0 Å². The molecule has 1 aromatic carbocycles. The van der Waals surface area contributed by atoms with Crippen LogP contribution in [-0.2, 0) is 17.7 Å². The van der Waals surface area contributed by atoms with Crippen LogP contribution in [0.1, 0.15) is 11.1 Å². The number of hydrogen-bond acceptors (Lipinski definition) is 4. The van der Waals surface area contributed by atoms with Crippen molar-refractivity contribution in [3.05, 3.63) is 23.3 Å². The van der Waals surface area contributed by atoms with Crippen LogP contribution in [0.2, 0.25) is 0 Å². The summed E-state index contributed by atoms with van der Waals surface area (Å²) in [5.74, 6) is 0.998. The molecule has 0 amide bonds. The van der Waals surface area contributed by atoms with E-state index in [0.29, 0.717) is 0 Å². The van der Waals surface area contributed by atoms with Crippen LogP contribution in [0.4, 0.5) is 5.69 Å². The quantitative estimate of drug-likeness (QED) is 0.852. The Morgan fingerprint density at radius 3 is 2.89 bits per heavy atom. The molecule has 98 valence electrons. The number of rotatable bonds is 2. The molecular weight excluding hydrogens is 228 g/mol. The van der Waals surface area contributed by atoms with Gasteiger partial charge in [-0.3, -0.25) is 0 Å². The summed E-state index contributed by atoms with van der Waals surface area (Å²) < 4.78 is 11.0. The van der Waals surface area contributed by atoms with Crippen LogP contribution in [0.25, 0.3) is 0 Å². The number of ether oxygens (including phenoxy) is 2. The predicted octanol–water partition coefficient (Wildman–Crippen LogP) is 1.18. The van der Waals surface area contributed by atoms with Crippen LogP contribution in [0, 0.1) is 0 Å². The topological polar surface area (TPSA) is 33.7 Å². The first-order chi connectivity index (χ1) is 8.90. The maximum atomic E-state index is 5.56. The number of fused-ring (bicyclic) bond motifs is 1. The highest BCUT2D eigenvalue weighted by Crippen LogP contribution is 2.36. The number of methoxy groups -OCH3 is 1. The Morgan fingerprint density at radius 2 is 2.11 bits per heavy atom. The van der Waals surface area contributed by atoms with Gasteiger partial charge in [0.1, 0.15) is 5.75 Å². The van der Waals surface area contributed by atoms with Crippen molar-refractivity contribution in [2.75, 3.05) is 44.9 Å². The summed E-state index contributed by atoms with van der Waals surface area (Å²) in [6.07, 6.45) is 1.08. The predicted molar refractivity (Wildman–Crippen MR) is 71.4 cm³/mol. The van der Waals surface area contributed by atoms with Gasteiger partial charge in [-0.05, 0) is 30.2 Å². The van der Waals surface area contributed by atoms with Gasteiger partial charge >= 0.3 is 0 Å². The standard InChI is InChI=1S/C14H20N2O2/c1-17-13-3-2-11-10-15-5-4-12(11)14(13)16-6-8-18-9-7-16/h2-3,15H,4-10H2,1H3. The van der Waals surface area contributed by atoms with Gasteiger partial charge in [-0.25, -0.2) is 0 Å². The highest BCUT2D eigenvalue weighted by atomic mass is 16.5. The lowest BCUT2D eigenvalue weighted by Crippen LogP contribution is -2.38. The van der Waals surface area contributed by atoms with Gasteiger partial charge in [0.2, 0.25) is 0 Å². The van der Waals surface area contributed by atoms with E-state index in [1.165, 1.54) is 16.8 Å². The van der Waals surface area contributed by atoms with Gasteiger partial charge in [-0.15, -0.1) is 0 Å². The molecule has 18 heavy (non-hydrogen) atoms. The fourth-order valence-corrected chi connectivity index (χ4v) is 2.84. The maximum absolute atomic E-state index is 5.56. The SMILES string of the molecule is COc1ccc2c(c1N1CCOCC1)CCNC2. The highest BCUT2D eigenvalue weighted by Gasteiger charge is 2.22. The average Bonchev–Trinajstić information content (AvgIpc) is 2.47. The fourth-order valence-electron chi connectivity index (χ4n) is 2.84. The van der Waals surface area contributed by atoms with E-state index in [4.69, 9.17) is 9.47 Å². The Kier molecular flexibility index (Phi) is 3.39. The number of hydrogen-bond donors (Lipinski definition) is 1. The van der Waals surface area contributed by atoms with E-state index in [1.54, 1.807) is 7.11 Å². The number of benzene rings is 1. The van der Waals surface area contributed by atoms with Crippen molar-refractivity contribution >= 4 is 5.69 Å². The molecule has 0 atom stereocenters. The summed E-state index contributed by atoms with van der Waals surface area (Å²) >= 11 is 0. The molecule has 0 saturated carbocycles. The van der Waals surface area contributed by atoms with E-state index in [1.807, 2.05) is 0 Å². The van der Waals surface area contributed by atoms with Gasteiger partial charge in [-0.2, -0.15) is 0 Å². The zero-order chi connectivity index (χ0) is 12.4. The van der Waals surface area contributed by atoms with E-state index in [2.05, 4.69) is 22.3 Å². The van der Waals surface area contributed by atoms with E-state index < -0.39 is 0 Å². The third kappa shape index (κ3) is 2.06. The van der Waals surface area contributed by atoms with Crippen molar-refractivity contribution in [1.82, 2.24) is 5.32 Å². The van der Waals surface area contributed by atoms with Crippen LogP contribution in [-0.4, -0.2) is 40.0 Å². The number of nitrogens with one attached hydrogen (secondary N) is 1. The third-order valence-corrected chi connectivity index (χ3v) is 3.76. The van der Waals surface area contributed by atoms with Gasteiger partial charge in [0.05, 0.1) is 26.0 Å². The highest BCUT2D eigenvalue weighted by molar-refractivity contribution is 5.67. The normalized spacial score (nSPS) is 19.5. The van der Waals surface area contributed by atoms with Crippen LogP contribution in [0.3, 0.4) is 0 Å². The van der Waals surface area contributed by atoms with Gasteiger partial charge in [0.25, 0.3) is 0 Å². The lowest BCUT2D eigenvalue weighted by molar-refractivity contribution is 0.122. The maximum Gasteiger partial charge on any atom is 0.142 e. The summed E-state index contributed by atoms with van der Waals surface area (Å²) in [4.78, 5) is 2.41. The van der Waals surface area contributed by atoms with E-state index in [-0.39, 0.29) is 0 Å². The van der Waals surface area contributed by atoms with Gasteiger partial charge in [0.15, 0.2) is 0 Å². The lowest BCUT2D eigenvalue weighted by atomic mass is 9.97. The van der Waals surface area contributed by atoms with Crippen LogP contribution < -0.4 is 15.0 Å². The van der Waals surface area contributed by atoms with Crippen LogP contribution in [0.5, 0.6) is 5.75 Å². The van der Waals surface area contributed by atoms with Gasteiger partial charge in [-0.1, -0.05) is 6.07 Å². The number of anilines is 1. The Balaban J connectivity index is 2.03. The molecule has 4 heteroatoms. The summed E-state index contributed by atoms with van der Waals surface area (Å²) in [7, 11) is 1.76. The van der Waals surface area contributed by atoms with Gasteiger partial charge < -0.3 is 19.7 Å². The molecule has 4 nitrogen and oxygen atoms in total.